The molecule has 0 heterocycles. The maximum absolute atomic E-state index is 12.4. The third kappa shape index (κ3) is 4.14. The van der Waals surface area contributed by atoms with E-state index in [4.69, 9.17) is 0 Å². The molecule has 110 valence electrons. The summed E-state index contributed by atoms with van der Waals surface area (Å²) >= 11 is 3.22. The van der Waals surface area contributed by atoms with Crippen LogP contribution in [0.1, 0.15) is 26.7 Å². The van der Waals surface area contributed by atoms with Crippen LogP contribution in [0.4, 0.5) is 0 Å². The number of sulfonamides is 1. The van der Waals surface area contributed by atoms with Crippen LogP contribution in [0.2, 0.25) is 0 Å². The molecule has 0 fully saturated rings. The molecule has 0 unspecified atom stereocenters. The molecule has 0 aliphatic carbocycles. The van der Waals surface area contributed by atoms with Crippen molar-refractivity contribution in [1.29, 1.82) is 0 Å². The van der Waals surface area contributed by atoms with E-state index in [0.29, 0.717) is 6.42 Å². The van der Waals surface area contributed by atoms with Gasteiger partial charge in [0.05, 0.1) is 4.90 Å². The van der Waals surface area contributed by atoms with Gasteiger partial charge in [0.1, 0.15) is 5.78 Å². The van der Waals surface area contributed by atoms with Crippen molar-refractivity contribution in [2.24, 2.45) is 0 Å². The van der Waals surface area contributed by atoms with Crippen molar-refractivity contribution >= 4 is 37.6 Å². The second-order valence-electron chi connectivity index (χ2n) is 4.19. The quantitative estimate of drug-likeness (QED) is 0.779. The molecule has 1 rings (SSSR count). The molecule has 0 saturated heterocycles. The van der Waals surface area contributed by atoms with Gasteiger partial charge in [-0.3, -0.25) is 9.59 Å². The molecular weight excluding hydrogens is 346 g/mol. The number of amides is 1. The number of hydrogen-bond donors (Lipinski definition) is 0. The van der Waals surface area contributed by atoms with Crippen LogP contribution in [0.5, 0.6) is 0 Å². The third-order valence-electron chi connectivity index (χ3n) is 2.74. The first-order valence-corrected chi connectivity index (χ1v) is 8.33. The van der Waals surface area contributed by atoms with Crippen molar-refractivity contribution in [2.45, 2.75) is 31.6 Å². The van der Waals surface area contributed by atoms with Gasteiger partial charge in [-0.2, -0.15) is 0 Å². The smallest absolute Gasteiger partial charge is 0.266 e. The van der Waals surface area contributed by atoms with Gasteiger partial charge in [0, 0.05) is 30.8 Å². The number of ketones is 1. The van der Waals surface area contributed by atoms with Crippen molar-refractivity contribution in [3.05, 3.63) is 28.7 Å². The van der Waals surface area contributed by atoms with Gasteiger partial charge in [-0.15, -0.1) is 0 Å². The fourth-order valence-electron chi connectivity index (χ4n) is 1.58. The van der Waals surface area contributed by atoms with Crippen LogP contribution in [0.3, 0.4) is 0 Å². The van der Waals surface area contributed by atoms with E-state index in [1.54, 1.807) is 19.1 Å². The molecule has 0 aromatic heterocycles. The van der Waals surface area contributed by atoms with Gasteiger partial charge in [0.2, 0.25) is 5.91 Å². The zero-order valence-corrected chi connectivity index (χ0v) is 13.7. The molecule has 20 heavy (non-hydrogen) atoms. The number of carbonyl (C=O) groups excluding carboxylic acids is 2. The summed E-state index contributed by atoms with van der Waals surface area (Å²) in [7, 11) is -3.91. The van der Waals surface area contributed by atoms with E-state index in [2.05, 4.69) is 15.9 Å². The second-order valence-corrected chi connectivity index (χ2v) is 6.97. The van der Waals surface area contributed by atoms with Crippen LogP contribution in [-0.4, -0.2) is 31.0 Å². The lowest BCUT2D eigenvalue weighted by Crippen LogP contribution is -2.36. The van der Waals surface area contributed by atoms with Gasteiger partial charge in [-0.25, -0.2) is 12.7 Å². The molecule has 0 aliphatic heterocycles. The number of halogens is 1. The Bertz CT molecular complexity index is 595. The highest BCUT2D eigenvalue weighted by Crippen LogP contribution is 2.19. The number of nitrogens with zero attached hydrogens (tertiary/aromatic N) is 1. The summed E-state index contributed by atoms with van der Waals surface area (Å²) in [4.78, 5) is 22.9. The molecule has 0 N–H and O–H groups in total. The Hall–Kier alpha value is -1.21. The first-order chi connectivity index (χ1) is 9.28. The van der Waals surface area contributed by atoms with Gasteiger partial charge >= 0.3 is 0 Å². The fourth-order valence-corrected chi connectivity index (χ4v) is 3.25. The van der Waals surface area contributed by atoms with Crippen LogP contribution in [0.15, 0.2) is 33.6 Å². The molecule has 0 saturated carbocycles. The van der Waals surface area contributed by atoms with Crippen molar-refractivity contribution in [2.75, 3.05) is 6.54 Å². The molecule has 5 nitrogen and oxygen atoms in total. The third-order valence-corrected chi connectivity index (χ3v) is 5.16. The zero-order valence-electron chi connectivity index (χ0n) is 11.3. The number of rotatable bonds is 6. The summed E-state index contributed by atoms with van der Waals surface area (Å²) in [6.45, 7) is 2.75. The van der Waals surface area contributed by atoms with Crippen LogP contribution >= 0.6 is 15.9 Å². The highest BCUT2D eigenvalue weighted by atomic mass is 79.9. The van der Waals surface area contributed by atoms with Crippen molar-refractivity contribution in [3.8, 4) is 0 Å². The fraction of sp³-hybridized carbons (Fsp3) is 0.385. The van der Waals surface area contributed by atoms with Gasteiger partial charge in [-0.1, -0.05) is 22.9 Å². The van der Waals surface area contributed by atoms with Crippen molar-refractivity contribution in [1.82, 2.24) is 4.31 Å². The minimum atomic E-state index is -3.91. The Balaban J connectivity index is 3.03. The monoisotopic (exact) mass is 361 g/mol. The molecule has 1 amide bonds. The highest BCUT2D eigenvalue weighted by Gasteiger charge is 2.26. The minimum Gasteiger partial charge on any atom is -0.300 e. The van der Waals surface area contributed by atoms with E-state index in [-0.39, 0.29) is 23.6 Å². The topological polar surface area (TPSA) is 71.5 Å². The summed E-state index contributed by atoms with van der Waals surface area (Å²) in [6.07, 6.45) is 0.357. The molecule has 1 aromatic carbocycles. The SMILES string of the molecule is CCC(=O)CCN(C(C)=O)S(=O)(=O)c1ccc(Br)cc1. The van der Waals surface area contributed by atoms with E-state index in [0.717, 1.165) is 8.78 Å². The average Bonchev–Trinajstić information content (AvgIpc) is 2.38. The van der Waals surface area contributed by atoms with Gasteiger partial charge in [0.15, 0.2) is 0 Å². The zero-order chi connectivity index (χ0) is 15.3. The Morgan fingerprint density at radius 2 is 1.75 bits per heavy atom. The van der Waals surface area contributed by atoms with Crippen LogP contribution in [0, 0.1) is 0 Å². The number of hydrogen-bond acceptors (Lipinski definition) is 4. The molecule has 0 aliphatic rings. The number of Topliss-reactive ketones (excluding diaryl/α,β-unsaturated/α-hetero) is 1. The van der Waals surface area contributed by atoms with Crippen molar-refractivity contribution < 1.29 is 18.0 Å². The first kappa shape index (κ1) is 16.8. The highest BCUT2D eigenvalue weighted by molar-refractivity contribution is 9.10. The predicted octanol–water partition coefficient (Wildman–Crippen LogP) is 2.36. The molecule has 0 atom stereocenters. The van der Waals surface area contributed by atoms with E-state index >= 15 is 0 Å². The molecule has 0 radical (unpaired) electrons. The van der Waals surface area contributed by atoms with Gasteiger partial charge < -0.3 is 0 Å². The summed E-state index contributed by atoms with van der Waals surface area (Å²) in [5, 5.41) is 0. The minimum absolute atomic E-state index is 0.0276. The van der Waals surface area contributed by atoms with Crippen LogP contribution in [-0.2, 0) is 19.6 Å². The molecule has 0 spiro atoms. The molecular formula is C13H16BrNO4S. The van der Waals surface area contributed by atoms with Gasteiger partial charge in [0.25, 0.3) is 10.0 Å². The maximum Gasteiger partial charge on any atom is 0.266 e. The Labute approximate surface area is 127 Å². The predicted molar refractivity (Wildman–Crippen MR) is 78.6 cm³/mol. The lowest BCUT2D eigenvalue weighted by molar-refractivity contribution is -0.124. The van der Waals surface area contributed by atoms with E-state index < -0.39 is 15.9 Å². The lowest BCUT2D eigenvalue weighted by Gasteiger charge is -2.20. The Kier molecular flexibility index (Phi) is 5.88. The maximum atomic E-state index is 12.4. The first-order valence-electron chi connectivity index (χ1n) is 6.09. The Morgan fingerprint density at radius 1 is 1.20 bits per heavy atom. The standard InChI is InChI=1S/C13H16BrNO4S/c1-3-12(17)8-9-15(10(2)16)20(18,19)13-6-4-11(14)5-7-13/h4-7H,3,8-9H2,1-2H3. The molecule has 1 aromatic rings. The van der Waals surface area contributed by atoms with E-state index in [1.807, 2.05) is 0 Å². The number of carbonyl (C=O) groups is 2. The van der Waals surface area contributed by atoms with Gasteiger partial charge in [-0.05, 0) is 24.3 Å². The van der Waals surface area contributed by atoms with Crippen LogP contribution < -0.4 is 0 Å². The summed E-state index contributed by atoms with van der Waals surface area (Å²) in [5.74, 6) is -0.681. The molecule has 7 heteroatoms. The Morgan fingerprint density at radius 3 is 2.20 bits per heavy atom. The summed E-state index contributed by atoms with van der Waals surface area (Å²) < 4.78 is 26.2. The lowest BCUT2D eigenvalue weighted by atomic mass is 10.2. The van der Waals surface area contributed by atoms with Crippen molar-refractivity contribution in [3.63, 3.8) is 0 Å². The van der Waals surface area contributed by atoms with E-state index in [9.17, 15) is 18.0 Å². The molecule has 0 bridgehead atoms. The largest absolute Gasteiger partial charge is 0.300 e. The summed E-state index contributed by atoms with van der Waals surface area (Å²) in [6, 6.07) is 6.00. The average molecular weight is 362 g/mol. The normalized spacial score (nSPS) is 11.2. The van der Waals surface area contributed by atoms with Crippen LogP contribution in [0.25, 0.3) is 0 Å². The van der Waals surface area contributed by atoms with E-state index in [1.165, 1.54) is 19.1 Å². The second kappa shape index (κ2) is 6.99. The number of benzene rings is 1. The summed E-state index contributed by atoms with van der Waals surface area (Å²) in [5.41, 5.74) is 0.